The van der Waals surface area contributed by atoms with Crippen molar-refractivity contribution in [2.45, 2.75) is 73.3 Å². The van der Waals surface area contributed by atoms with E-state index < -0.39 is 0 Å². The summed E-state index contributed by atoms with van der Waals surface area (Å²) in [7, 11) is 0. The van der Waals surface area contributed by atoms with Gasteiger partial charge in [-0.25, -0.2) is 0 Å². The number of carbonyl (C=O) groups is 1. The van der Waals surface area contributed by atoms with Gasteiger partial charge >= 0.3 is 5.97 Å². The zero-order valence-corrected chi connectivity index (χ0v) is 18.0. The Morgan fingerprint density at radius 1 is 1.04 bits per heavy atom. The number of aromatic hydroxyl groups is 2. The molecule has 0 saturated carbocycles. The zero-order valence-electron chi connectivity index (χ0n) is 18.0. The van der Waals surface area contributed by atoms with E-state index in [2.05, 4.69) is 12.2 Å². The van der Waals surface area contributed by atoms with E-state index in [4.69, 9.17) is 4.74 Å². The molecule has 1 aromatic rings. The number of ether oxygens (including phenoxy) is 1. The second-order valence-corrected chi connectivity index (χ2v) is 7.64. The van der Waals surface area contributed by atoms with E-state index >= 15 is 0 Å². The Kier molecular flexibility index (Phi) is 9.57. The highest BCUT2D eigenvalue weighted by atomic mass is 16.5. The lowest BCUT2D eigenvalue weighted by molar-refractivity contribution is -0.144. The van der Waals surface area contributed by atoms with Crippen LogP contribution >= 0.6 is 0 Å². The van der Waals surface area contributed by atoms with Gasteiger partial charge in [-0.15, -0.1) is 0 Å². The standard InChI is InChI=1S/C24H34O4/c1-16(2)10-13-24(28-20(6)25)19(5)9-7-8-17(3)11-12-21-22(26)14-18(4)15-23(21)27/h9-11,14-15,24,26-27H,7-8,12-13H2,1-6H3/b17-11+,19-9+/t24-/m0/s1. The van der Waals surface area contributed by atoms with Gasteiger partial charge in [0.05, 0.1) is 0 Å². The number of phenols is 2. The molecule has 0 aromatic heterocycles. The lowest BCUT2D eigenvalue weighted by Gasteiger charge is -2.16. The molecule has 154 valence electrons. The van der Waals surface area contributed by atoms with Crippen molar-refractivity contribution in [3.63, 3.8) is 0 Å². The van der Waals surface area contributed by atoms with Crippen LogP contribution in [0.25, 0.3) is 0 Å². The number of phenolic OH excluding ortho intramolecular Hbond substituents is 2. The number of hydrogen-bond acceptors (Lipinski definition) is 4. The molecule has 0 spiro atoms. The monoisotopic (exact) mass is 386 g/mol. The Morgan fingerprint density at radius 3 is 2.18 bits per heavy atom. The molecule has 0 bridgehead atoms. The minimum absolute atomic E-state index is 0.126. The van der Waals surface area contributed by atoms with Gasteiger partial charge in [-0.1, -0.05) is 29.4 Å². The summed E-state index contributed by atoms with van der Waals surface area (Å²) in [4.78, 5) is 11.4. The van der Waals surface area contributed by atoms with Gasteiger partial charge in [0.2, 0.25) is 0 Å². The van der Waals surface area contributed by atoms with Crippen molar-refractivity contribution in [2.24, 2.45) is 0 Å². The van der Waals surface area contributed by atoms with Crippen molar-refractivity contribution in [1.29, 1.82) is 0 Å². The average Bonchev–Trinajstić information content (AvgIpc) is 2.57. The minimum Gasteiger partial charge on any atom is -0.508 e. The van der Waals surface area contributed by atoms with Gasteiger partial charge in [0.25, 0.3) is 0 Å². The summed E-state index contributed by atoms with van der Waals surface area (Å²) < 4.78 is 5.44. The molecule has 4 nitrogen and oxygen atoms in total. The van der Waals surface area contributed by atoms with Crippen molar-refractivity contribution in [1.82, 2.24) is 0 Å². The summed E-state index contributed by atoms with van der Waals surface area (Å²) in [6.45, 7) is 11.4. The fourth-order valence-corrected chi connectivity index (χ4v) is 2.89. The molecule has 28 heavy (non-hydrogen) atoms. The molecule has 0 amide bonds. The maximum atomic E-state index is 11.4. The Balaban J connectivity index is 2.69. The van der Waals surface area contributed by atoms with Crippen LogP contribution in [0.4, 0.5) is 0 Å². The second-order valence-electron chi connectivity index (χ2n) is 7.64. The van der Waals surface area contributed by atoms with Crippen LogP contribution in [0, 0.1) is 6.92 Å². The van der Waals surface area contributed by atoms with Crippen LogP contribution in [0.3, 0.4) is 0 Å². The first-order valence-corrected chi connectivity index (χ1v) is 9.74. The summed E-state index contributed by atoms with van der Waals surface area (Å²) >= 11 is 0. The lowest BCUT2D eigenvalue weighted by atomic mass is 10.0. The topological polar surface area (TPSA) is 66.8 Å². The highest BCUT2D eigenvalue weighted by Crippen LogP contribution is 2.29. The fourth-order valence-electron chi connectivity index (χ4n) is 2.89. The van der Waals surface area contributed by atoms with Gasteiger partial charge in [0.1, 0.15) is 17.6 Å². The third-order valence-corrected chi connectivity index (χ3v) is 4.56. The largest absolute Gasteiger partial charge is 0.508 e. The molecular weight excluding hydrogens is 352 g/mol. The van der Waals surface area contributed by atoms with Gasteiger partial charge in [-0.3, -0.25) is 4.79 Å². The van der Waals surface area contributed by atoms with Crippen molar-refractivity contribution in [2.75, 3.05) is 0 Å². The minimum atomic E-state index is -0.270. The zero-order chi connectivity index (χ0) is 21.3. The Bertz CT molecular complexity index is 742. The molecule has 1 aromatic carbocycles. The quantitative estimate of drug-likeness (QED) is 0.409. The van der Waals surface area contributed by atoms with E-state index in [-0.39, 0.29) is 23.6 Å². The lowest BCUT2D eigenvalue weighted by Crippen LogP contribution is -2.17. The number of allylic oxidation sites excluding steroid dienone is 4. The van der Waals surface area contributed by atoms with Crippen molar-refractivity contribution >= 4 is 5.97 Å². The Morgan fingerprint density at radius 2 is 1.64 bits per heavy atom. The molecule has 0 radical (unpaired) electrons. The van der Waals surface area contributed by atoms with Gasteiger partial charge in [0, 0.05) is 18.9 Å². The molecule has 1 rings (SSSR count). The van der Waals surface area contributed by atoms with E-state index in [9.17, 15) is 15.0 Å². The first kappa shape index (κ1) is 23.5. The number of aryl methyl sites for hydroxylation is 1. The van der Waals surface area contributed by atoms with Crippen LogP contribution in [-0.2, 0) is 16.0 Å². The van der Waals surface area contributed by atoms with Gasteiger partial charge in [0.15, 0.2) is 0 Å². The van der Waals surface area contributed by atoms with Gasteiger partial charge < -0.3 is 14.9 Å². The second kappa shape index (κ2) is 11.4. The van der Waals surface area contributed by atoms with Crippen molar-refractivity contribution in [3.8, 4) is 11.5 Å². The van der Waals surface area contributed by atoms with Crippen LogP contribution in [0.5, 0.6) is 11.5 Å². The van der Waals surface area contributed by atoms with E-state index in [0.29, 0.717) is 18.4 Å². The summed E-state index contributed by atoms with van der Waals surface area (Å²) in [5.74, 6) is -0.0183. The predicted octanol–water partition coefficient (Wildman–Crippen LogP) is 5.91. The summed E-state index contributed by atoms with van der Waals surface area (Å²) in [6.07, 6.45) is 8.88. The number of esters is 1. The number of benzene rings is 1. The van der Waals surface area contributed by atoms with Crippen molar-refractivity contribution < 1.29 is 19.7 Å². The Hall–Kier alpha value is -2.49. The molecule has 0 fully saturated rings. The molecule has 1 atom stereocenters. The van der Waals surface area contributed by atoms with E-state index in [0.717, 1.165) is 24.0 Å². The highest BCUT2D eigenvalue weighted by Gasteiger charge is 2.12. The normalized spacial score (nSPS) is 13.2. The third-order valence-electron chi connectivity index (χ3n) is 4.56. The first-order chi connectivity index (χ1) is 13.1. The molecule has 0 aliphatic carbocycles. The van der Waals surface area contributed by atoms with Crippen LogP contribution in [0.1, 0.15) is 65.0 Å². The Labute approximate surface area is 169 Å². The molecule has 0 saturated heterocycles. The van der Waals surface area contributed by atoms with Crippen LogP contribution in [0.15, 0.2) is 47.1 Å². The molecule has 0 heterocycles. The average molecular weight is 387 g/mol. The maximum Gasteiger partial charge on any atom is 0.303 e. The smallest absolute Gasteiger partial charge is 0.303 e. The van der Waals surface area contributed by atoms with E-state index in [1.165, 1.54) is 18.1 Å². The first-order valence-electron chi connectivity index (χ1n) is 9.74. The SMILES string of the molecule is CC(=O)O[C@@H](CC=C(C)C)/C(C)=C/CC/C(C)=C/Cc1c(O)cc(C)cc1O. The fraction of sp³-hybridized carbons (Fsp3) is 0.458. The number of hydrogen-bond donors (Lipinski definition) is 2. The molecule has 0 unspecified atom stereocenters. The highest BCUT2D eigenvalue weighted by molar-refractivity contribution is 5.66. The van der Waals surface area contributed by atoms with E-state index in [1.807, 2.05) is 40.7 Å². The third kappa shape index (κ3) is 8.47. The van der Waals surface area contributed by atoms with E-state index in [1.54, 1.807) is 12.1 Å². The van der Waals surface area contributed by atoms with Crippen molar-refractivity contribution in [3.05, 3.63) is 58.2 Å². The molecule has 0 aliphatic heterocycles. The van der Waals surface area contributed by atoms with Gasteiger partial charge in [-0.2, -0.15) is 0 Å². The summed E-state index contributed by atoms with van der Waals surface area (Å²) in [5.41, 5.74) is 4.81. The number of carbonyl (C=O) groups excluding carboxylic acids is 1. The summed E-state index contributed by atoms with van der Waals surface area (Å²) in [6, 6.07) is 3.32. The molecule has 2 N–H and O–H groups in total. The molecule has 0 aliphatic rings. The summed E-state index contributed by atoms with van der Waals surface area (Å²) in [5, 5.41) is 20.0. The van der Waals surface area contributed by atoms with Crippen LogP contribution < -0.4 is 0 Å². The molecule has 4 heteroatoms. The van der Waals surface area contributed by atoms with Crippen LogP contribution in [-0.4, -0.2) is 22.3 Å². The van der Waals surface area contributed by atoms with Crippen LogP contribution in [0.2, 0.25) is 0 Å². The number of rotatable bonds is 9. The predicted molar refractivity (Wildman–Crippen MR) is 115 cm³/mol. The van der Waals surface area contributed by atoms with Gasteiger partial charge in [-0.05, 0) is 77.2 Å². The molecular formula is C24H34O4. The maximum absolute atomic E-state index is 11.4.